The quantitative estimate of drug-likeness (QED) is 0.768. The predicted molar refractivity (Wildman–Crippen MR) is 65.1 cm³/mol. The summed E-state index contributed by atoms with van der Waals surface area (Å²) in [5.74, 6) is 1.57. The fraction of sp³-hybridized carbons (Fsp3) is 0.538. The molecule has 0 aliphatic heterocycles. The highest BCUT2D eigenvalue weighted by molar-refractivity contribution is 5.49. The molecule has 0 heterocycles. The van der Waals surface area contributed by atoms with Gasteiger partial charge in [-0.2, -0.15) is 0 Å². The lowest BCUT2D eigenvalue weighted by Gasteiger charge is -2.17. The van der Waals surface area contributed by atoms with E-state index in [0.29, 0.717) is 5.92 Å². The van der Waals surface area contributed by atoms with Crippen LogP contribution >= 0.6 is 0 Å². The van der Waals surface area contributed by atoms with Crippen LogP contribution in [-0.2, 0) is 0 Å². The normalized spacial score (nSPS) is 12.9. The van der Waals surface area contributed by atoms with Crippen LogP contribution < -0.4 is 10.5 Å². The van der Waals surface area contributed by atoms with E-state index >= 15 is 0 Å². The van der Waals surface area contributed by atoms with Gasteiger partial charge >= 0.3 is 0 Å². The third-order valence-corrected chi connectivity index (χ3v) is 2.38. The van der Waals surface area contributed by atoms with Crippen molar-refractivity contribution >= 4 is 5.69 Å². The highest BCUT2D eigenvalue weighted by Gasteiger charge is 2.07. The molecular weight excluding hydrogens is 186 g/mol. The minimum absolute atomic E-state index is 0.257. The Morgan fingerprint density at radius 2 is 1.93 bits per heavy atom. The molecule has 1 atom stereocenters. The number of hydrogen-bond acceptors (Lipinski definition) is 2. The van der Waals surface area contributed by atoms with Crippen molar-refractivity contribution in [2.24, 2.45) is 5.92 Å². The summed E-state index contributed by atoms with van der Waals surface area (Å²) in [7, 11) is 0. The van der Waals surface area contributed by atoms with Gasteiger partial charge in [0.1, 0.15) is 5.75 Å². The maximum absolute atomic E-state index is 5.81. The Bertz CT molecular complexity index is 320. The molecule has 84 valence electrons. The standard InChI is InChI=1S/C13H21NO/c1-9(2)7-11(4)15-12-5-6-13(14)10(3)8-12/h5-6,8-9,11H,7,14H2,1-4H3. The van der Waals surface area contributed by atoms with Crippen molar-refractivity contribution in [3.8, 4) is 5.75 Å². The second-order valence-corrected chi connectivity index (χ2v) is 4.58. The molecule has 0 radical (unpaired) electrons. The first-order valence-electron chi connectivity index (χ1n) is 5.52. The first kappa shape index (κ1) is 11.9. The number of benzene rings is 1. The molecule has 2 N–H and O–H groups in total. The van der Waals surface area contributed by atoms with Gasteiger partial charge in [-0.3, -0.25) is 0 Å². The summed E-state index contributed by atoms with van der Waals surface area (Å²) in [6, 6.07) is 5.82. The molecule has 15 heavy (non-hydrogen) atoms. The number of ether oxygens (including phenoxy) is 1. The minimum Gasteiger partial charge on any atom is -0.491 e. The van der Waals surface area contributed by atoms with Gasteiger partial charge in [0.2, 0.25) is 0 Å². The van der Waals surface area contributed by atoms with Crippen molar-refractivity contribution in [3.63, 3.8) is 0 Å². The Labute approximate surface area is 92.4 Å². The van der Waals surface area contributed by atoms with Crippen molar-refractivity contribution in [1.29, 1.82) is 0 Å². The fourth-order valence-electron chi connectivity index (χ4n) is 1.67. The van der Waals surface area contributed by atoms with Gasteiger partial charge in [0.05, 0.1) is 6.10 Å². The number of nitrogens with two attached hydrogens (primary N) is 1. The Kier molecular flexibility index (Phi) is 4.01. The van der Waals surface area contributed by atoms with Crippen molar-refractivity contribution in [2.75, 3.05) is 5.73 Å². The molecule has 1 aromatic rings. The monoisotopic (exact) mass is 207 g/mol. The number of aryl methyl sites for hydroxylation is 1. The second kappa shape index (κ2) is 5.06. The zero-order valence-electron chi connectivity index (χ0n) is 10.1. The van der Waals surface area contributed by atoms with Crippen LogP contribution in [0.2, 0.25) is 0 Å². The van der Waals surface area contributed by atoms with E-state index in [2.05, 4.69) is 20.8 Å². The average molecular weight is 207 g/mol. The van der Waals surface area contributed by atoms with Gasteiger partial charge in [-0.25, -0.2) is 0 Å². The molecule has 0 saturated carbocycles. The summed E-state index contributed by atoms with van der Waals surface area (Å²) in [4.78, 5) is 0. The number of anilines is 1. The molecule has 0 fully saturated rings. The lowest BCUT2D eigenvalue weighted by atomic mass is 10.1. The maximum Gasteiger partial charge on any atom is 0.120 e. The van der Waals surface area contributed by atoms with Gasteiger partial charge in [0.15, 0.2) is 0 Å². The first-order valence-corrected chi connectivity index (χ1v) is 5.52. The van der Waals surface area contributed by atoms with E-state index in [0.717, 1.165) is 23.4 Å². The van der Waals surface area contributed by atoms with Crippen LogP contribution in [-0.4, -0.2) is 6.10 Å². The van der Waals surface area contributed by atoms with Crippen LogP contribution in [0.4, 0.5) is 5.69 Å². The molecule has 2 nitrogen and oxygen atoms in total. The number of hydrogen-bond donors (Lipinski definition) is 1. The second-order valence-electron chi connectivity index (χ2n) is 4.58. The Balaban J connectivity index is 2.60. The maximum atomic E-state index is 5.81. The summed E-state index contributed by atoms with van der Waals surface area (Å²) >= 11 is 0. The zero-order valence-corrected chi connectivity index (χ0v) is 10.1. The minimum atomic E-state index is 0.257. The van der Waals surface area contributed by atoms with Crippen LogP contribution in [0.25, 0.3) is 0 Å². The first-order chi connectivity index (χ1) is 6.99. The van der Waals surface area contributed by atoms with Gasteiger partial charge in [-0.1, -0.05) is 13.8 Å². The van der Waals surface area contributed by atoms with Crippen molar-refractivity contribution < 1.29 is 4.74 Å². The zero-order chi connectivity index (χ0) is 11.4. The number of rotatable bonds is 4. The van der Waals surface area contributed by atoms with Gasteiger partial charge in [0, 0.05) is 5.69 Å². The molecule has 0 amide bonds. The Morgan fingerprint density at radius 3 is 2.47 bits per heavy atom. The molecule has 0 saturated heterocycles. The van der Waals surface area contributed by atoms with E-state index in [1.54, 1.807) is 0 Å². The van der Waals surface area contributed by atoms with E-state index in [1.165, 1.54) is 0 Å². The molecule has 1 aromatic carbocycles. The van der Waals surface area contributed by atoms with E-state index < -0.39 is 0 Å². The van der Waals surface area contributed by atoms with E-state index in [4.69, 9.17) is 10.5 Å². The van der Waals surface area contributed by atoms with Crippen molar-refractivity contribution in [2.45, 2.75) is 40.2 Å². The van der Waals surface area contributed by atoms with Crippen LogP contribution in [0.1, 0.15) is 32.8 Å². The van der Waals surface area contributed by atoms with E-state index in [9.17, 15) is 0 Å². The topological polar surface area (TPSA) is 35.2 Å². The average Bonchev–Trinajstić information content (AvgIpc) is 2.10. The lowest BCUT2D eigenvalue weighted by molar-refractivity contribution is 0.193. The smallest absolute Gasteiger partial charge is 0.120 e. The van der Waals surface area contributed by atoms with Crippen molar-refractivity contribution in [3.05, 3.63) is 23.8 Å². The van der Waals surface area contributed by atoms with Crippen LogP contribution in [0.5, 0.6) is 5.75 Å². The van der Waals surface area contributed by atoms with Crippen LogP contribution in [0.3, 0.4) is 0 Å². The molecule has 0 aliphatic rings. The summed E-state index contributed by atoms with van der Waals surface area (Å²) in [6.45, 7) is 8.50. The molecule has 1 unspecified atom stereocenters. The number of nitrogen functional groups attached to an aromatic ring is 1. The highest BCUT2D eigenvalue weighted by Crippen LogP contribution is 2.21. The summed E-state index contributed by atoms with van der Waals surface area (Å²) < 4.78 is 5.81. The van der Waals surface area contributed by atoms with Crippen LogP contribution in [0, 0.1) is 12.8 Å². The van der Waals surface area contributed by atoms with Gasteiger partial charge in [-0.05, 0) is 49.9 Å². The molecule has 2 heteroatoms. The third-order valence-electron chi connectivity index (χ3n) is 2.38. The highest BCUT2D eigenvalue weighted by atomic mass is 16.5. The summed E-state index contributed by atoms with van der Waals surface area (Å²) in [5.41, 5.74) is 7.64. The summed E-state index contributed by atoms with van der Waals surface area (Å²) in [6.07, 6.45) is 1.33. The molecule has 1 rings (SSSR count). The summed E-state index contributed by atoms with van der Waals surface area (Å²) in [5, 5.41) is 0. The van der Waals surface area contributed by atoms with Gasteiger partial charge in [-0.15, -0.1) is 0 Å². The molecular formula is C13H21NO. The van der Waals surface area contributed by atoms with Crippen LogP contribution in [0.15, 0.2) is 18.2 Å². The Morgan fingerprint density at radius 1 is 1.27 bits per heavy atom. The Hall–Kier alpha value is -1.18. The fourth-order valence-corrected chi connectivity index (χ4v) is 1.67. The van der Waals surface area contributed by atoms with Crippen molar-refractivity contribution in [1.82, 2.24) is 0 Å². The van der Waals surface area contributed by atoms with Gasteiger partial charge < -0.3 is 10.5 Å². The van der Waals surface area contributed by atoms with E-state index in [-0.39, 0.29) is 6.10 Å². The molecule has 0 spiro atoms. The molecule has 0 bridgehead atoms. The SMILES string of the molecule is Cc1cc(OC(C)CC(C)C)ccc1N. The molecule has 0 aliphatic carbocycles. The third kappa shape index (κ3) is 3.82. The van der Waals surface area contributed by atoms with Gasteiger partial charge in [0.25, 0.3) is 0 Å². The molecule has 0 aromatic heterocycles. The van der Waals surface area contributed by atoms with E-state index in [1.807, 2.05) is 25.1 Å². The predicted octanol–water partition coefficient (Wildman–Crippen LogP) is 3.39. The largest absolute Gasteiger partial charge is 0.491 e. The lowest BCUT2D eigenvalue weighted by Crippen LogP contribution is -2.14.